The van der Waals surface area contributed by atoms with Crippen LogP contribution in [0.1, 0.15) is 56.8 Å². The fourth-order valence-electron chi connectivity index (χ4n) is 4.25. The smallest absolute Gasteiger partial charge is 0.251 e. The lowest BCUT2D eigenvalue weighted by atomic mass is 9.91. The molecule has 3 rings (SSSR count). The highest BCUT2D eigenvalue weighted by Gasteiger charge is 2.39. The van der Waals surface area contributed by atoms with Crippen molar-refractivity contribution in [2.24, 2.45) is 11.8 Å². The summed E-state index contributed by atoms with van der Waals surface area (Å²) in [4.78, 5) is 40.7. The fourth-order valence-corrected chi connectivity index (χ4v) is 4.25. The maximum atomic E-state index is 13.2. The van der Waals surface area contributed by atoms with Crippen LogP contribution < -0.4 is 10.6 Å². The van der Waals surface area contributed by atoms with Crippen LogP contribution in [0.4, 0.5) is 0 Å². The van der Waals surface area contributed by atoms with E-state index in [1.165, 1.54) is 0 Å². The van der Waals surface area contributed by atoms with Gasteiger partial charge in [0.1, 0.15) is 18.7 Å². The lowest BCUT2D eigenvalue weighted by Crippen LogP contribution is -2.54. The second kappa shape index (κ2) is 11.6. The quantitative estimate of drug-likeness (QED) is 0.580. The fraction of sp³-hybridized carbons (Fsp3) is 0.640. The SMILES string of the molecule is CC(C)C(C)CCC(NC(=O)c1ccccc1)C(=O)NC1C(=O)COC1CN1CCCC1. The van der Waals surface area contributed by atoms with Gasteiger partial charge in [0, 0.05) is 12.1 Å². The van der Waals surface area contributed by atoms with Crippen LogP contribution in [-0.4, -0.2) is 66.9 Å². The van der Waals surface area contributed by atoms with Crippen molar-refractivity contribution in [2.45, 2.75) is 64.6 Å². The van der Waals surface area contributed by atoms with Crippen LogP contribution in [0.3, 0.4) is 0 Å². The average Bonchev–Trinajstić information content (AvgIpc) is 3.42. The van der Waals surface area contributed by atoms with Gasteiger partial charge in [0.15, 0.2) is 5.78 Å². The van der Waals surface area contributed by atoms with Crippen LogP contribution >= 0.6 is 0 Å². The number of Topliss-reactive ketones (excluding diaryl/α,β-unsaturated/α-hetero) is 1. The minimum atomic E-state index is -0.704. The van der Waals surface area contributed by atoms with Gasteiger partial charge in [-0.15, -0.1) is 0 Å². The molecule has 2 aliphatic rings. The Morgan fingerprint density at radius 3 is 2.44 bits per heavy atom. The molecule has 2 fully saturated rings. The second-order valence-electron chi connectivity index (χ2n) is 9.50. The molecule has 4 unspecified atom stereocenters. The summed E-state index contributed by atoms with van der Waals surface area (Å²) in [5.41, 5.74) is 0.509. The summed E-state index contributed by atoms with van der Waals surface area (Å²) in [5, 5.41) is 5.80. The van der Waals surface area contributed by atoms with E-state index in [2.05, 4.69) is 36.3 Å². The highest BCUT2D eigenvalue weighted by molar-refractivity contribution is 5.98. The molecule has 0 aromatic heterocycles. The van der Waals surface area contributed by atoms with Crippen molar-refractivity contribution in [1.82, 2.24) is 15.5 Å². The molecular weight excluding hydrogens is 406 g/mol. The van der Waals surface area contributed by atoms with Gasteiger partial charge in [-0.2, -0.15) is 0 Å². The predicted molar refractivity (Wildman–Crippen MR) is 123 cm³/mol. The normalized spacial score (nSPS) is 23.3. The van der Waals surface area contributed by atoms with Gasteiger partial charge in [-0.05, 0) is 62.7 Å². The number of ketones is 1. The van der Waals surface area contributed by atoms with E-state index in [1.54, 1.807) is 24.3 Å². The second-order valence-corrected chi connectivity index (χ2v) is 9.50. The van der Waals surface area contributed by atoms with Crippen molar-refractivity contribution in [3.05, 3.63) is 35.9 Å². The molecule has 7 heteroatoms. The van der Waals surface area contributed by atoms with Gasteiger partial charge >= 0.3 is 0 Å². The standard InChI is InChI=1S/C25H37N3O4/c1-17(2)18(3)11-12-20(26-24(30)19-9-5-4-6-10-19)25(31)27-23-21(29)16-32-22(23)15-28-13-7-8-14-28/h4-6,9-10,17-18,20,22-23H,7-8,11-16H2,1-3H3,(H,26,30)(H,27,31). The predicted octanol–water partition coefficient (Wildman–Crippen LogP) is 2.41. The molecular formula is C25H37N3O4. The van der Waals surface area contributed by atoms with E-state index < -0.39 is 12.1 Å². The highest BCUT2D eigenvalue weighted by atomic mass is 16.5. The Morgan fingerprint density at radius 2 is 1.78 bits per heavy atom. The van der Waals surface area contributed by atoms with E-state index in [1.807, 2.05) is 6.07 Å². The van der Waals surface area contributed by atoms with Crippen molar-refractivity contribution < 1.29 is 19.1 Å². The minimum absolute atomic E-state index is 0.0227. The first-order valence-corrected chi connectivity index (χ1v) is 11.9. The zero-order valence-electron chi connectivity index (χ0n) is 19.5. The first-order valence-electron chi connectivity index (χ1n) is 11.9. The molecule has 0 radical (unpaired) electrons. The van der Waals surface area contributed by atoms with Crippen molar-refractivity contribution in [2.75, 3.05) is 26.2 Å². The van der Waals surface area contributed by atoms with Gasteiger partial charge in [-0.3, -0.25) is 14.4 Å². The highest BCUT2D eigenvalue weighted by Crippen LogP contribution is 2.19. The molecule has 0 aliphatic carbocycles. The molecule has 2 N–H and O–H groups in total. The van der Waals surface area contributed by atoms with Crippen LogP contribution in [0.2, 0.25) is 0 Å². The number of amides is 2. The Kier molecular flexibility index (Phi) is 8.82. The van der Waals surface area contributed by atoms with E-state index in [-0.39, 0.29) is 30.3 Å². The average molecular weight is 444 g/mol. The van der Waals surface area contributed by atoms with Gasteiger partial charge in [-0.25, -0.2) is 0 Å². The van der Waals surface area contributed by atoms with Gasteiger partial charge in [0.2, 0.25) is 5.91 Å². The molecule has 2 aliphatic heterocycles. The lowest BCUT2D eigenvalue weighted by Gasteiger charge is -2.26. The number of hydrogen-bond donors (Lipinski definition) is 2. The topological polar surface area (TPSA) is 87.7 Å². The summed E-state index contributed by atoms with van der Waals surface area (Å²) < 4.78 is 5.71. The molecule has 2 amide bonds. The van der Waals surface area contributed by atoms with Crippen molar-refractivity contribution in [3.63, 3.8) is 0 Å². The third-order valence-corrected chi connectivity index (χ3v) is 6.80. The Labute approximate surface area is 191 Å². The summed E-state index contributed by atoms with van der Waals surface area (Å²) in [7, 11) is 0. The summed E-state index contributed by atoms with van der Waals surface area (Å²) in [6.45, 7) is 9.12. The van der Waals surface area contributed by atoms with Gasteiger partial charge in [0.05, 0.1) is 6.10 Å². The molecule has 176 valence electrons. The minimum Gasteiger partial charge on any atom is -0.366 e. The first kappa shape index (κ1) is 24.4. The summed E-state index contributed by atoms with van der Waals surface area (Å²) in [5.74, 6) is 0.189. The van der Waals surface area contributed by atoms with Crippen LogP contribution in [0.5, 0.6) is 0 Å². The van der Waals surface area contributed by atoms with Crippen molar-refractivity contribution in [1.29, 1.82) is 0 Å². The summed E-state index contributed by atoms with van der Waals surface area (Å²) >= 11 is 0. The maximum Gasteiger partial charge on any atom is 0.251 e. The van der Waals surface area contributed by atoms with E-state index in [4.69, 9.17) is 4.74 Å². The summed E-state index contributed by atoms with van der Waals surface area (Å²) in [6.07, 6.45) is 3.28. The Bertz CT molecular complexity index is 777. The number of benzene rings is 1. The molecule has 0 bridgehead atoms. The number of hydrogen-bond acceptors (Lipinski definition) is 5. The first-order chi connectivity index (χ1) is 15.3. The van der Waals surface area contributed by atoms with E-state index in [0.717, 1.165) is 32.4 Å². The molecule has 2 saturated heterocycles. The lowest BCUT2D eigenvalue weighted by molar-refractivity contribution is -0.127. The number of nitrogens with zero attached hydrogens (tertiary/aromatic N) is 1. The number of carbonyl (C=O) groups excluding carboxylic acids is 3. The van der Waals surface area contributed by atoms with E-state index in [0.29, 0.717) is 30.4 Å². The van der Waals surface area contributed by atoms with Crippen LogP contribution in [0, 0.1) is 11.8 Å². The van der Waals surface area contributed by atoms with E-state index >= 15 is 0 Å². The maximum absolute atomic E-state index is 13.2. The molecule has 2 heterocycles. The van der Waals surface area contributed by atoms with Crippen LogP contribution in [0.15, 0.2) is 30.3 Å². The number of carbonyl (C=O) groups is 3. The monoisotopic (exact) mass is 443 g/mol. The molecule has 1 aromatic rings. The number of ether oxygens (including phenoxy) is 1. The van der Waals surface area contributed by atoms with Crippen molar-refractivity contribution >= 4 is 17.6 Å². The largest absolute Gasteiger partial charge is 0.366 e. The Morgan fingerprint density at radius 1 is 1.09 bits per heavy atom. The third-order valence-electron chi connectivity index (χ3n) is 6.80. The van der Waals surface area contributed by atoms with Gasteiger partial charge in [-0.1, -0.05) is 39.0 Å². The molecule has 32 heavy (non-hydrogen) atoms. The molecule has 0 saturated carbocycles. The van der Waals surface area contributed by atoms with Crippen LogP contribution in [0.25, 0.3) is 0 Å². The number of rotatable bonds is 10. The van der Waals surface area contributed by atoms with E-state index in [9.17, 15) is 14.4 Å². The number of likely N-dealkylation sites (tertiary alicyclic amines) is 1. The molecule has 7 nitrogen and oxygen atoms in total. The number of nitrogens with one attached hydrogen (secondary N) is 2. The Balaban J connectivity index is 1.66. The van der Waals surface area contributed by atoms with Gasteiger partial charge < -0.3 is 20.3 Å². The third kappa shape index (κ3) is 6.62. The van der Waals surface area contributed by atoms with Crippen molar-refractivity contribution in [3.8, 4) is 0 Å². The molecule has 1 aromatic carbocycles. The zero-order valence-corrected chi connectivity index (χ0v) is 19.5. The summed E-state index contributed by atoms with van der Waals surface area (Å²) in [6, 6.07) is 7.51. The Hall–Kier alpha value is -2.25. The van der Waals surface area contributed by atoms with Crippen LogP contribution in [-0.2, 0) is 14.3 Å². The molecule has 4 atom stereocenters. The zero-order chi connectivity index (χ0) is 23.1. The van der Waals surface area contributed by atoms with Gasteiger partial charge in [0.25, 0.3) is 5.91 Å². The molecule has 0 spiro atoms.